The van der Waals surface area contributed by atoms with E-state index >= 15 is 0 Å². The number of carbonyl (C=O) groups is 2. The van der Waals surface area contributed by atoms with Gasteiger partial charge < -0.3 is 19.1 Å². The molecule has 7 heteroatoms. The van der Waals surface area contributed by atoms with Crippen molar-refractivity contribution in [2.45, 2.75) is 12.5 Å². The van der Waals surface area contributed by atoms with Crippen molar-refractivity contribution in [1.29, 1.82) is 0 Å². The Balaban J connectivity index is 1.55. The summed E-state index contributed by atoms with van der Waals surface area (Å²) < 4.78 is 10.8. The number of likely N-dealkylation sites (N-methyl/N-ethyl adjacent to an activating group) is 1. The topological polar surface area (TPSA) is 75.9 Å². The van der Waals surface area contributed by atoms with Crippen molar-refractivity contribution in [2.75, 3.05) is 33.4 Å². The lowest BCUT2D eigenvalue weighted by Gasteiger charge is -2.29. The average Bonchev–Trinajstić information content (AvgIpc) is 2.86. The van der Waals surface area contributed by atoms with Crippen LogP contribution in [0.4, 0.5) is 0 Å². The number of amides is 2. The molecule has 0 N–H and O–H groups in total. The highest BCUT2D eigenvalue weighted by Gasteiger charge is 2.38. The van der Waals surface area contributed by atoms with Crippen molar-refractivity contribution in [3.05, 3.63) is 30.0 Å². The zero-order chi connectivity index (χ0) is 16.7. The molecule has 0 spiro atoms. The Hall–Kier alpha value is -2.41. The van der Waals surface area contributed by atoms with Gasteiger partial charge in [-0.15, -0.1) is 0 Å². The summed E-state index contributed by atoms with van der Waals surface area (Å²) in [5.74, 6) is -0.269. The number of carbonyl (C=O) groups excluding carboxylic acids is 2. The molecule has 2 bridgehead atoms. The number of para-hydroxylation sites is 1. The highest BCUT2D eigenvalue weighted by atomic mass is 16.5. The van der Waals surface area contributed by atoms with E-state index in [0.29, 0.717) is 37.6 Å². The number of fused-ring (bicyclic) bond motifs is 4. The first-order chi connectivity index (χ1) is 11.6. The molecule has 1 aromatic carbocycles. The second-order valence-corrected chi connectivity index (χ2v) is 6.44. The van der Waals surface area contributed by atoms with E-state index in [1.54, 1.807) is 16.8 Å². The summed E-state index contributed by atoms with van der Waals surface area (Å²) in [6.07, 6.45) is 0.176. The first-order valence-corrected chi connectivity index (χ1v) is 8.09. The van der Waals surface area contributed by atoms with Crippen LogP contribution in [-0.2, 0) is 20.7 Å². The van der Waals surface area contributed by atoms with Gasteiger partial charge in [-0.3, -0.25) is 9.59 Å². The molecule has 0 saturated carbocycles. The Kier molecular flexibility index (Phi) is 3.72. The first-order valence-electron chi connectivity index (χ1n) is 8.09. The molecule has 126 valence electrons. The standard InChI is InChI=1S/C17H19N3O4/c1-19-12-8-20(7-11(17(19)22)9-23-10-12)16(21)6-14-13-4-2-3-5-15(13)24-18-14/h2-5,11-12H,6-10H2,1H3/t11-,12+/m1/s1. The average molecular weight is 329 g/mol. The van der Waals surface area contributed by atoms with Gasteiger partial charge in [0.2, 0.25) is 11.8 Å². The summed E-state index contributed by atoms with van der Waals surface area (Å²) >= 11 is 0. The van der Waals surface area contributed by atoms with Crippen LogP contribution in [0.15, 0.2) is 28.8 Å². The van der Waals surface area contributed by atoms with E-state index in [0.717, 1.165) is 5.39 Å². The summed E-state index contributed by atoms with van der Waals surface area (Å²) in [6, 6.07) is 7.41. The minimum atomic E-state index is -0.291. The van der Waals surface area contributed by atoms with Crippen molar-refractivity contribution >= 4 is 22.8 Å². The molecule has 24 heavy (non-hydrogen) atoms. The van der Waals surface area contributed by atoms with Crippen LogP contribution in [0.2, 0.25) is 0 Å². The van der Waals surface area contributed by atoms with E-state index in [2.05, 4.69) is 5.16 Å². The predicted octanol–water partition coefficient (Wildman–Crippen LogP) is 0.686. The monoisotopic (exact) mass is 329 g/mol. The first kappa shape index (κ1) is 15.1. The Morgan fingerprint density at radius 3 is 3.00 bits per heavy atom. The van der Waals surface area contributed by atoms with Crippen molar-refractivity contribution in [2.24, 2.45) is 5.92 Å². The normalized spacial score (nSPS) is 24.3. The molecule has 0 aliphatic carbocycles. The maximum atomic E-state index is 12.8. The minimum Gasteiger partial charge on any atom is -0.378 e. The van der Waals surface area contributed by atoms with Gasteiger partial charge in [0.1, 0.15) is 5.69 Å². The lowest BCUT2D eigenvalue weighted by Crippen LogP contribution is -2.45. The second kappa shape index (κ2) is 5.90. The number of aromatic nitrogens is 1. The van der Waals surface area contributed by atoms with Gasteiger partial charge in [-0.25, -0.2) is 0 Å². The third kappa shape index (κ3) is 2.54. The fourth-order valence-corrected chi connectivity index (χ4v) is 3.42. The Morgan fingerprint density at radius 1 is 1.29 bits per heavy atom. The Morgan fingerprint density at radius 2 is 2.12 bits per heavy atom. The van der Waals surface area contributed by atoms with Crippen LogP contribution < -0.4 is 0 Å². The summed E-state index contributed by atoms with van der Waals surface area (Å²) in [7, 11) is 1.79. The molecule has 0 radical (unpaired) electrons. The van der Waals surface area contributed by atoms with Gasteiger partial charge in [0, 0.05) is 25.5 Å². The van der Waals surface area contributed by atoms with Crippen LogP contribution in [0.25, 0.3) is 11.0 Å². The number of ether oxygens (including phenoxy) is 1. The molecular weight excluding hydrogens is 310 g/mol. The highest BCUT2D eigenvalue weighted by Crippen LogP contribution is 2.22. The molecule has 7 nitrogen and oxygen atoms in total. The van der Waals surface area contributed by atoms with Crippen molar-refractivity contribution in [3.8, 4) is 0 Å². The van der Waals surface area contributed by atoms with Gasteiger partial charge >= 0.3 is 0 Å². The van der Waals surface area contributed by atoms with E-state index in [-0.39, 0.29) is 30.2 Å². The predicted molar refractivity (Wildman–Crippen MR) is 85.2 cm³/mol. The quantitative estimate of drug-likeness (QED) is 0.810. The molecule has 3 heterocycles. The molecule has 1 aromatic heterocycles. The molecule has 2 aliphatic heterocycles. The zero-order valence-corrected chi connectivity index (χ0v) is 13.5. The van der Waals surface area contributed by atoms with E-state index in [1.165, 1.54) is 0 Å². The number of nitrogens with zero attached hydrogens (tertiary/aromatic N) is 3. The summed E-state index contributed by atoms with van der Waals surface area (Å²) in [5, 5.41) is 4.89. The van der Waals surface area contributed by atoms with Gasteiger partial charge in [0.15, 0.2) is 5.58 Å². The molecule has 0 unspecified atom stereocenters. The summed E-state index contributed by atoms with van der Waals surface area (Å²) in [5.41, 5.74) is 1.32. The van der Waals surface area contributed by atoms with Gasteiger partial charge in [-0.05, 0) is 12.1 Å². The summed E-state index contributed by atoms with van der Waals surface area (Å²) in [6.45, 7) is 1.73. The van der Waals surface area contributed by atoms with E-state index in [1.807, 2.05) is 24.3 Å². The van der Waals surface area contributed by atoms with Crippen LogP contribution in [-0.4, -0.2) is 66.2 Å². The maximum Gasteiger partial charge on any atom is 0.229 e. The van der Waals surface area contributed by atoms with E-state index in [9.17, 15) is 9.59 Å². The fourth-order valence-electron chi connectivity index (χ4n) is 3.42. The van der Waals surface area contributed by atoms with Crippen LogP contribution in [0.1, 0.15) is 5.69 Å². The van der Waals surface area contributed by atoms with Crippen molar-refractivity contribution in [1.82, 2.24) is 15.0 Å². The second-order valence-electron chi connectivity index (χ2n) is 6.44. The van der Waals surface area contributed by atoms with Gasteiger partial charge in [0.25, 0.3) is 0 Å². The van der Waals surface area contributed by atoms with Crippen LogP contribution in [0, 0.1) is 5.92 Å². The Bertz CT molecular complexity index is 787. The minimum absolute atomic E-state index is 0.0333. The molecule has 2 saturated heterocycles. The van der Waals surface area contributed by atoms with Crippen LogP contribution in [0.5, 0.6) is 0 Å². The molecule has 2 aliphatic rings. The molecule has 4 rings (SSSR count). The van der Waals surface area contributed by atoms with Gasteiger partial charge in [0.05, 0.1) is 31.6 Å². The fraction of sp³-hybridized carbons (Fsp3) is 0.471. The maximum absolute atomic E-state index is 12.8. The van der Waals surface area contributed by atoms with Crippen molar-refractivity contribution < 1.29 is 18.8 Å². The van der Waals surface area contributed by atoms with Crippen molar-refractivity contribution in [3.63, 3.8) is 0 Å². The smallest absolute Gasteiger partial charge is 0.229 e. The number of hydrogen-bond acceptors (Lipinski definition) is 5. The van der Waals surface area contributed by atoms with Crippen LogP contribution >= 0.6 is 0 Å². The molecule has 2 amide bonds. The highest BCUT2D eigenvalue weighted by molar-refractivity contribution is 5.87. The van der Waals surface area contributed by atoms with Crippen LogP contribution in [0.3, 0.4) is 0 Å². The van der Waals surface area contributed by atoms with Gasteiger partial charge in [-0.2, -0.15) is 0 Å². The third-order valence-corrected chi connectivity index (χ3v) is 4.87. The molecule has 2 aromatic rings. The number of hydrogen-bond donors (Lipinski definition) is 0. The SMILES string of the molecule is CN1C(=O)[C@H]2COC[C@@H]1CN(C(=O)Cc1noc3ccccc13)C2. The molecule has 2 atom stereocenters. The number of benzene rings is 1. The lowest BCUT2D eigenvalue weighted by atomic mass is 10.1. The summed E-state index contributed by atoms with van der Waals surface area (Å²) in [4.78, 5) is 28.6. The van der Waals surface area contributed by atoms with E-state index < -0.39 is 0 Å². The molecule has 2 fully saturated rings. The number of rotatable bonds is 2. The lowest BCUT2D eigenvalue weighted by molar-refractivity contribution is -0.134. The third-order valence-electron chi connectivity index (χ3n) is 4.87. The molecular formula is C17H19N3O4. The Labute approximate surface area is 139 Å². The van der Waals surface area contributed by atoms with Gasteiger partial charge in [-0.1, -0.05) is 17.3 Å². The largest absolute Gasteiger partial charge is 0.378 e. The van der Waals surface area contributed by atoms with E-state index in [4.69, 9.17) is 9.26 Å². The zero-order valence-electron chi connectivity index (χ0n) is 13.5.